The lowest BCUT2D eigenvalue weighted by molar-refractivity contribution is 0.581. The van der Waals surface area contributed by atoms with Crippen molar-refractivity contribution >= 4 is 27.5 Å². The Bertz CT molecular complexity index is 555. The van der Waals surface area contributed by atoms with Gasteiger partial charge in [-0.3, -0.25) is 4.98 Å². The van der Waals surface area contributed by atoms with Crippen LogP contribution in [0.25, 0.3) is 0 Å². The fourth-order valence-corrected chi connectivity index (χ4v) is 2.51. The summed E-state index contributed by atoms with van der Waals surface area (Å²) in [5.74, 6) is 0. The van der Waals surface area contributed by atoms with Crippen LogP contribution < -0.4 is 5.32 Å². The summed E-state index contributed by atoms with van der Waals surface area (Å²) in [5.41, 5.74) is 3.52. The van der Waals surface area contributed by atoms with Crippen molar-refractivity contribution in [2.24, 2.45) is 0 Å². The first-order valence-electron chi connectivity index (χ1n) is 6.14. The third-order valence-electron chi connectivity index (χ3n) is 3.17. The second-order valence-corrected chi connectivity index (χ2v) is 5.87. The Labute approximate surface area is 127 Å². The quantitative estimate of drug-likeness (QED) is 0.898. The summed E-state index contributed by atoms with van der Waals surface area (Å²) < 4.78 is 0.996. The minimum atomic E-state index is 0.215. The second-order valence-electron chi connectivity index (χ2n) is 4.51. The average molecular weight is 340 g/mol. The number of pyridine rings is 1. The first-order valence-corrected chi connectivity index (χ1v) is 7.31. The molecule has 0 aliphatic rings. The zero-order valence-corrected chi connectivity index (χ0v) is 13.3. The Morgan fingerprint density at radius 1 is 1.32 bits per heavy atom. The molecule has 19 heavy (non-hydrogen) atoms. The van der Waals surface area contributed by atoms with Gasteiger partial charge in [0.25, 0.3) is 0 Å². The van der Waals surface area contributed by atoms with Crippen molar-refractivity contribution in [2.45, 2.75) is 19.4 Å². The molecule has 1 aromatic heterocycles. The van der Waals surface area contributed by atoms with E-state index in [1.165, 1.54) is 11.1 Å². The van der Waals surface area contributed by atoms with E-state index in [4.69, 9.17) is 11.6 Å². The van der Waals surface area contributed by atoms with Gasteiger partial charge in [0, 0.05) is 33.8 Å². The van der Waals surface area contributed by atoms with E-state index >= 15 is 0 Å². The van der Waals surface area contributed by atoms with Crippen LogP contribution in [-0.4, -0.2) is 12.0 Å². The van der Waals surface area contributed by atoms with E-state index in [2.05, 4.69) is 39.2 Å². The van der Waals surface area contributed by atoms with Crippen molar-refractivity contribution in [3.05, 3.63) is 62.8 Å². The number of hydrogen-bond acceptors (Lipinski definition) is 2. The normalized spacial score (nSPS) is 12.4. The third kappa shape index (κ3) is 3.78. The van der Waals surface area contributed by atoms with Gasteiger partial charge in [0.2, 0.25) is 0 Å². The molecule has 1 N–H and O–H groups in total. The van der Waals surface area contributed by atoms with Gasteiger partial charge in [-0.15, -0.1) is 0 Å². The van der Waals surface area contributed by atoms with Gasteiger partial charge < -0.3 is 5.32 Å². The van der Waals surface area contributed by atoms with Gasteiger partial charge in [0.05, 0.1) is 0 Å². The summed E-state index contributed by atoms with van der Waals surface area (Å²) >= 11 is 9.49. The van der Waals surface area contributed by atoms with E-state index in [1.54, 1.807) is 0 Å². The van der Waals surface area contributed by atoms with Crippen LogP contribution in [0.1, 0.15) is 22.9 Å². The van der Waals surface area contributed by atoms with Crippen LogP contribution in [0.2, 0.25) is 5.02 Å². The molecule has 1 heterocycles. The Morgan fingerprint density at radius 2 is 2.11 bits per heavy atom. The molecule has 2 aromatic rings. The summed E-state index contributed by atoms with van der Waals surface area (Å²) in [7, 11) is 1.96. The van der Waals surface area contributed by atoms with Crippen molar-refractivity contribution in [3.8, 4) is 0 Å². The van der Waals surface area contributed by atoms with E-state index in [1.807, 2.05) is 37.5 Å². The number of benzene rings is 1. The molecule has 4 heteroatoms. The smallest absolute Gasteiger partial charge is 0.0423 e. The molecule has 0 bridgehead atoms. The van der Waals surface area contributed by atoms with Crippen LogP contribution in [-0.2, 0) is 6.42 Å². The highest BCUT2D eigenvalue weighted by Gasteiger charge is 2.13. The molecule has 100 valence electrons. The summed E-state index contributed by atoms with van der Waals surface area (Å²) in [5, 5.41) is 4.11. The maximum Gasteiger partial charge on any atom is 0.0423 e. The van der Waals surface area contributed by atoms with Crippen molar-refractivity contribution in [1.82, 2.24) is 10.3 Å². The maximum atomic E-state index is 6.09. The van der Waals surface area contributed by atoms with Crippen molar-refractivity contribution in [3.63, 3.8) is 0 Å². The van der Waals surface area contributed by atoms with Gasteiger partial charge in [-0.1, -0.05) is 17.7 Å². The summed E-state index contributed by atoms with van der Waals surface area (Å²) in [6.07, 6.45) is 2.66. The zero-order chi connectivity index (χ0) is 13.8. The van der Waals surface area contributed by atoms with Gasteiger partial charge in [-0.2, -0.15) is 0 Å². The molecular formula is C15H16BrClN2. The minimum Gasteiger partial charge on any atom is -0.313 e. The van der Waals surface area contributed by atoms with Gasteiger partial charge in [0.15, 0.2) is 0 Å². The Morgan fingerprint density at radius 3 is 2.74 bits per heavy atom. The monoisotopic (exact) mass is 338 g/mol. The van der Waals surface area contributed by atoms with Gasteiger partial charge in [-0.05, 0) is 65.3 Å². The summed E-state index contributed by atoms with van der Waals surface area (Å²) in [6, 6.07) is 10.3. The molecule has 0 fully saturated rings. The van der Waals surface area contributed by atoms with Gasteiger partial charge >= 0.3 is 0 Å². The SMILES string of the molecule is CNC(Cc1ccc(Br)cn1)c1cc(Cl)ccc1C. The Hall–Kier alpha value is -0.900. The number of aromatic nitrogens is 1. The summed E-state index contributed by atoms with van der Waals surface area (Å²) in [6.45, 7) is 2.10. The van der Waals surface area contributed by atoms with E-state index in [-0.39, 0.29) is 6.04 Å². The van der Waals surface area contributed by atoms with Crippen molar-refractivity contribution < 1.29 is 0 Å². The van der Waals surface area contributed by atoms with E-state index in [0.29, 0.717) is 0 Å². The van der Waals surface area contributed by atoms with Crippen LogP contribution in [0, 0.1) is 6.92 Å². The first-order chi connectivity index (χ1) is 9.10. The fourth-order valence-electron chi connectivity index (χ4n) is 2.09. The second kappa shape index (κ2) is 6.51. The molecule has 1 aromatic carbocycles. The van der Waals surface area contributed by atoms with E-state index < -0.39 is 0 Å². The lowest BCUT2D eigenvalue weighted by atomic mass is 9.97. The number of nitrogens with zero attached hydrogens (tertiary/aromatic N) is 1. The van der Waals surface area contributed by atoms with Gasteiger partial charge in [0.1, 0.15) is 0 Å². The molecule has 0 radical (unpaired) electrons. The lowest BCUT2D eigenvalue weighted by Gasteiger charge is -2.19. The number of rotatable bonds is 4. The highest BCUT2D eigenvalue weighted by atomic mass is 79.9. The molecule has 0 spiro atoms. The topological polar surface area (TPSA) is 24.9 Å². The van der Waals surface area contributed by atoms with Crippen molar-refractivity contribution in [2.75, 3.05) is 7.05 Å². The highest BCUT2D eigenvalue weighted by molar-refractivity contribution is 9.10. The maximum absolute atomic E-state index is 6.09. The van der Waals surface area contributed by atoms with Crippen molar-refractivity contribution in [1.29, 1.82) is 0 Å². The number of hydrogen-bond donors (Lipinski definition) is 1. The molecule has 2 nitrogen and oxygen atoms in total. The van der Waals surface area contributed by atoms with Gasteiger partial charge in [-0.25, -0.2) is 0 Å². The van der Waals surface area contributed by atoms with E-state index in [9.17, 15) is 0 Å². The third-order valence-corrected chi connectivity index (χ3v) is 3.87. The Kier molecular flexibility index (Phi) is 4.97. The first kappa shape index (κ1) is 14.5. The number of aryl methyl sites for hydroxylation is 1. The standard InChI is InChI=1S/C15H16BrClN2/c1-10-3-5-12(17)7-14(10)15(18-2)8-13-6-4-11(16)9-19-13/h3-7,9,15,18H,8H2,1-2H3. The van der Waals surface area contributed by atoms with Crippen LogP contribution >= 0.6 is 27.5 Å². The van der Waals surface area contributed by atoms with E-state index in [0.717, 1.165) is 21.6 Å². The predicted molar refractivity (Wildman–Crippen MR) is 83.6 cm³/mol. The molecule has 0 aliphatic carbocycles. The molecule has 0 aliphatic heterocycles. The molecule has 0 saturated heterocycles. The minimum absolute atomic E-state index is 0.215. The van der Waals surface area contributed by atoms with Crippen LogP contribution in [0.5, 0.6) is 0 Å². The van der Waals surface area contributed by atoms with Crippen LogP contribution in [0.15, 0.2) is 41.0 Å². The summed E-state index contributed by atoms with van der Waals surface area (Å²) in [4.78, 5) is 4.42. The highest BCUT2D eigenvalue weighted by Crippen LogP contribution is 2.24. The lowest BCUT2D eigenvalue weighted by Crippen LogP contribution is -2.20. The molecule has 1 unspecified atom stereocenters. The van der Waals surface area contributed by atoms with Crippen LogP contribution in [0.4, 0.5) is 0 Å². The molecular weight excluding hydrogens is 324 g/mol. The predicted octanol–water partition coefficient (Wildman–Crippen LogP) is 4.31. The number of nitrogens with one attached hydrogen (secondary N) is 1. The fraction of sp³-hybridized carbons (Fsp3) is 0.267. The largest absolute Gasteiger partial charge is 0.313 e. The zero-order valence-electron chi connectivity index (χ0n) is 11.0. The average Bonchev–Trinajstić information content (AvgIpc) is 2.41. The molecule has 2 rings (SSSR count). The van der Waals surface area contributed by atoms with Crippen LogP contribution in [0.3, 0.4) is 0 Å². The molecule has 1 atom stereocenters. The number of halogens is 2. The number of likely N-dealkylation sites (N-methyl/N-ethyl adjacent to an activating group) is 1. The molecule has 0 saturated carbocycles. The Balaban J connectivity index is 2.24. The molecule has 0 amide bonds.